The highest BCUT2D eigenvalue weighted by atomic mass is 32.2. The molecule has 0 spiro atoms. The first kappa shape index (κ1) is 32.6. The Labute approximate surface area is 254 Å². The van der Waals surface area contributed by atoms with Gasteiger partial charge in [0.15, 0.2) is 0 Å². The van der Waals surface area contributed by atoms with Gasteiger partial charge < -0.3 is 30.1 Å². The Morgan fingerprint density at radius 2 is 1.86 bits per heavy atom. The van der Waals surface area contributed by atoms with Crippen LogP contribution in [0.5, 0.6) is 11.5 Å². The van der Waals surface area contributed by atoms with Gasteiger partial charge in [-0.2, -0.15) is 4.31 Å². The van der Waals surface area contributed by atoms with E-state index in [0.717, 1.165) is 25.7 Å². The highest BCUT2D eigenvalue weighted by Gasteiger charge is 2.33. The zero-order chi connectivity index (χ0) is 31.1. The van der Waals surface area contributed by atoms with Crippen LogP contribution < -0.4 is 20.1 Å². The minimum Gasteiger partial charge on any atom is -0.497 e. The molecular formula is C31H44N4O7S. The molecule has 11 nitrogen and oxygen atoms in total. The predicted molar refractivity (Wildman–Crippen MR) is 164 cm³/mol. The zero-order valence-corrected chi connectivity index (χ0v) is 26.2. The largest absolute Gasteiger partial charge is 0.497 e. The lowest BCUT2D eigenvalue weighted by Gasteiger charge is -2.33. The molecule has 0 saturated heterocycles. The van der Waals surface area contributed by atoms with E-state index in [-0.39, 0.29) is 54.9 Å². The van der Waals surface area contributed by atoms with Gasteiger partial charge in [0.1, 0.15) is 17.6 Å². The number of fused-ring (bicyclic) bond motifs is 1. The molecule has 236 valence electrons. The van der Waals surface area contributed by atoms with Crippen molar-refractivity contribution in [3.05, 3.63) is 48.0 Å². The number of hydrogen-bond donors (Lipinski definition) is 3. The fourth-order valence-corrected chi connectivity index (χ4v) is 6.79. The van der Waals surface area contributed by atoms with Gasteiger partial charge in [-0.1, -0.05) is 26.2 Å². The number of ether oxygens (including phenoxy) is 2. The Balaban J connectivity index is 1.59. The average molecular weight is 617 g/mol. The van der Waals surface area contributed by atoms with Crippen LogP contribution in [0.3, 0.4) is 0 Å². The monoisotopic (exact) mass is 616 g/mol. The van der Waals surface area contributed by atoms with E-state index in [1.54, 1.807) is 42.2 Å². The van der Waals surface area contributed by atoms with Crippen molar-refractivity contribution >= 4 is 27.6 Å². The Kier molecular flexibility index (Phi) is 10.9. The normalized spacial score (nSPS) is 20.7. The number of rotatable bonds is 9. The number of benzene rings is 2. The molecule has 3 amide bonds. The Bertz CT molecular complexity index is 1360. The van der Waals surface area contributed by atoms with Gasteiger partial charge in [0.25, 0.3) is 0 Å². The second kappa shape index (κ2) is 14.4. The van der Waals surface area contributed by atoms with E-state index in [1.807, 2.05) is 6.92 Å². The number of nitrogens with zero attached hydrogens (tertiary/aromatic N) is 2. The minimum atomic E-state index is -3.85. The number of methoxy groups -OCH3 is 1. The van der Waals surface area contributed by atoms with E-state index in [2.05, 4.69) is 10.6 Å². The summed E-state index contributed by atoms with van der Waals surface area (Å²) in [5.74, 6) is 0.519. The fourth-order valence-electron chi connectivity index (χ4n) is 5.60. The second-order valence-corrected chi connectivity index (χ2v) is 13.6. The van der Waals surface area contributed by atoms with Crippen molar-refractivity contribution in [3.8, 4) is 11.5 Å². The maximum Gasteiger partial charge on any atom is 0.319 e. The molecule has 1 fully saturated rings. The molecule has 0 aromatic heterocycles. The van der Waals surface area contributed by atoms with Gasteiger partial charge >= 0.3 is 6.03 Å². The van der Waals surface area contributed by atoms with Crippen LogP contribution in [0.4, 0.5) is 10.5 Å². The molecule has 1 saturated carbocycles. The molecule has 2 aromatic rings. The summed E-state index contributed by atoms with van der Waals surface area (Å²) < 4.78 is 39.7. The van der Waals surface area contributed by atoms with Gasteiger partial charge in [0.2, 0.25) is 15.9 Å². The van der Waals surface area contributed by atoms with E-state index in [0.29, 0.717) is 22.7 Å². The summed E-state index contributed by atoms with van der Waals surface area (Å²) in [7, 11) is -0.835. The predicted octanol–water partition coefficient (Wildman–Crippen LogP) is 3.62. The highest BCUT2D eigenvalue weighted by Crippen LogP contribution is 2.30. The summed E-state index contributed by atoms with van der Waals surface area (Å²) >= 11 is 0. The number of nitrogens with one attached hydrogen (secondary N) is 2. The van der Waals surface area contributed by atoms with Crippen molar-refractivity contribution < 1.29 is 32.6 Å². The van der Waals surface area contributed by atoms with E-state index >= 15 is 0 Å². The summed E-state index contributed by atoms with van der Waals surface area (Å²) in [6.07, 6.45) is 4.68. The number of urea groups is 1. The highest BCUT2D eigenvalue weighted by molar-refractivity contribution is 7.89. The zero-order valence-electron chi connectivity index (χ0n) is 25.4. The molecule has 4 rings (SSSR count). The molecule has 3 atom stereocenters. The smallest absolute Gasteiger partial charge is 0.319 e. The van der Waals surface area contributed by atoms with Crippen LogP contribution in [0.25, 0.3) is 0 Å². The topological polar surface area (TPSA) is 138 Å². The lowest BCUT2D eigenvalue weighted by Crippen LogP contribution is -2.48. The SMILES string of the molecule is COc1ccc(S(=O)(=O)N(C)C[C@H]2Oc3ccc(NC(=O)NC4CCCCC4)cc3CC(=O)N([C@@H](C)CO)C[C@H]2C)cc1. The summed E-state index contributed by atoms with van der Waals surface area (Å²) in [4.78, 5) is 27.9. The summed E-state index contributed by atoms with van der Waals surface area (Å²) in [5, 5.41) is 15.8. The van der Waals surface area contributed by atoms with E-state index in [1.165, 1.54) is 37.0 Å². The average Bonchev–Trinajstić information content (AvgIpc) is 3.04. The maximum absolute atomic E-state index is 13.5. The third-order valence-corrected chi connectivity index (χ3v) is 10.2. The molecule has 12 heteroatoms. The van der Waals surface area contributed by atoms with Gasteiger partial charge in [0, 0.05) is 36.8 Å². The Morgan fingerprint density at radius 1 is 1.16 bits per heavy atom. The molecule has 2 aromatic carbocycles. The standard InChI is InChI=1S/C31H44N4O7S/c1-21-18-35(22(2)20-36)30(37)17-23-16-25(33-31(38)32-24-8-6-5-7-9-24)10-15-28(23)42-29(21)19-34(3)43(39,40)27-13-11-26(41-4)12-14-27/h10-16,21-22,24,29,36H,5-9,17-20H2,1-4H3,(H2,32,33,38)/t21-,22+,29-/m1/s1. The number of aliphatic hydroxyl groups excluding tert-OH is 1. The molecule has 1 heterocycles. The van der Waals surface area contributed by atoms with Gasteiger partial charge in [0.05, 0.1) is 37.6 Å². The van der Waals surface area contributed by atoms with Crippen LogP contribution >= 0.6 is 0 Å². The molecular weight excluding hydrogens is 572 g/mol. The fraction of sp³-hybridized carbons (Fsp3) is 0.548. The molecule has 43 heavy (non-hydrogen) atoms. The summed E-state index contributed by atoms with van der Waals surface area (Å²) in [6.45, 7) is 3.75. The molecule has 0 bridgehead atoms. The van der Waals surface area contributed by atoms with E-state index < -0.39 is 22.2 Å². The molecule has 2 aliphatic rings. The van der Waals surface area contributed by atoms with Crippen molar-refractivity contribution in [2.24, 2.45) is 5.92 Å². The first-order chi connectivity index (χ1) is 20.5. The number of anilines is 1. The second-order valence-electron chi connectivity index (χ2n) is 11.6. The Hall–Kier alpha value is -3.35. The van der Waals surface area contributed by atoms with Gasteiger partial charge in [-0.15, -0.1) is 0 Å². The number of carbonyl (C=O) groups is 2. The molecule has 1 aliphatic heterocycles. The molecule has 0 unspecified atom stereocenters. The number of sulfonamides is 1. The Morgan fingerprint density at radius 3 is 2.51 bits per heavy atom. The molecule has 3 N–H and O–H groups in total. The first-order valence-corrected chi connectivity index (χ1v) is 16.3. The molecule has 0 radical (unpaired) electrons. The number of likely N-dealkylation sites (N-methyl/N-ethyl adjacent to an activating group) is 1. The number of hydrogen-bond acceptors (Lipinski definition) is 7. The van der Waals surface area contributed by atoms with Crippen LogP contribution in [0.15, 0.2) is 47.4 Å². The van der Waals surface area contributed by atoms with Gasteiger partial charge in [-0.3, -0.25) is 4.79 Å². The van der Waals surface area contributed by atoms with Crippen LogP contribution in [-0.2, 0) is 21.2 Å². The van der Waals surface area contributed by atoms with Crippen molar-refractivity contribution in [1.29, 1.82) is 0 Å². The quantitative estimate of drug-likeness (QED) is 0.391. The summed E-state index contributed by atoms with van der Waals surface area (Å²) in [6, 6.07) is 10.7. The lowest BCUT2D eigenvalue weighted by atomic mass is 9.96. The van der Waals surface area contributed by atoms with Crippen molar-refractivity contribution in [2.75, 3.05) is 39.2 Å². The van der Waals surface area contributed by atoms with Gasteiger partial charge in [-0.25, -0.2) is 13.2 Å². The first-order valence-electron chi connectivity index (χ1n) is 14.9. The van der Waals surface area contributed by atoms with Crippen LogP contribution in [0.2, 0.25) is 0 Å². The van der Waals surface area contributed by atoms with Crippen LogP contribution in [0, 0.1) is 5.92 Å². The maximum atomic E-state index is 13.5. The third-order valence-electron chi connectivity index (χ3n) is 8.32. The van der Waals surface area contributed by atoms with Crippen molar-refractivity contribution in [1.82, 2.24) is 14.5 Å². The number of aliphatic hydroxyl groups is 1. The number of carbonyl (C=O) groups excluding carboxylic acids is 2. The lowest BCUT2D eigenvalue weighted by molar-refractivity contribution is -0.134. The molecule has 1 aliphatic carbocycles. The van der Waals surface area contributed by atoms with E-state index in [9.17, 15) is 23.1 Å². The van der Waals surface area contributed by atoms with E-state index in [4.69, 9.17) is 9.47 Å². The summed E-state index contributed by atoms with van der Waals surface area (Å²) in [5.41, 5.74) is 1.09. The third kappa shape index (κ3) is 8.18. The van der Waals surface area contributed by atoms with Crippen LogP contribution in [0.1, 0.15) is 51.5 Å². The van der Waals surface area contributed by atoms with Crippen LogP contribution in [-0.4, -0.2) is 86.7 Å². The van der Waals surface area contributed by atoms with Crippen molar-refractivity contribution in [3.63, 3.8) is 0 Å². The minimum absolute atomic E-state index is 0.00113. The number of amides is 3. The van der Waals surface area contributed by atoms with Crippen molar-refractivity contribution in [2.45, 2.75) is 75.5 Å². The van der Waals surface area contributed by atoms with Gasteiger partial charge in [-0.05, 0) is 62.2 Å².